The van der Waals surface area contributed by atoms with Gasteiger partial charge in [-0.1, -0.05) is 15.9 Å². The Kier molecular flexibility index (Phi) is 6.83. The first-order valence-electron chi connectivity index (χ1n) is 10.0. The molecule has 4 aromatic rings. The summed E-state index contributed by atoms with van der Waals surface area (Å²) in [6.07, 6.45) is 0. The molecule has 0 aliphatic heterocycles. The molecule has 7 nitrogen and oxygen atoms in total. The van der Waals surface area contributed by atoms with Gasteiger partial charge in [0.2, 0.25) is 0 Å². The van der Waals surface area contributed by atoms with Gasteiger partial charge >= 0.3 is 0 Å². The van der Waals surface area contributed by atoms with Crippen molar-refractivity contribution in [2.24, 2.45) is 0 Å². The Labute approximate surface area is 210 Å². The third kappa shape index (κ3) is 4.75. The number of anilines is 2. The fourth-order valence-corrected chi connectivity index (χ4v) is 5.74. The van der Waals surface area contributed by atoms with Crippen LogP contribution in [0.25, 0.3) is 10.1 Å². The highest BCUT2D eigenvalue weighted by Crippen LogP contribution is 2.34. The number of methoxy groups -OCH3 is 2. The summed E-state index contributed by atoms with van der Waals surface area (Å²) < 4.78 is 39.9. The summed E-state index contributed by atoms with van der Waals surface area (Å²) in [5, 5.41) is 3.65. The third-order valence-corrected chi connectivity index (χ3v) is 8.63. The fourth-order valence-electron chi connectivity index (χ4n) is 3.34. The quantitative estimate of drug-likeness (QED) is 0.310. The standard InChI is InChI=1S/C24H21BrN2O5S2/c1-27(34(29,30)19-9-10-20(31-2)21(14-19)32-3)18-8-11-22-15(12-18)13-23(33-22)24(28)26-17-6-4-16(25)5-7-17/h4-14H,1-3H3,(H,26,28). The minimum atomic E-state index is -3.85. The number of hydrogen-bond acceptors (Lipinski definition) is 6. The second kappa shape index (κ2) is 9.65. The van der Waals surface area contributed by atoms with Gasteiger partial charge in [0.05, 0.1) is 29.7 Å². The molecular weight excluding hydrogens is 540 g/mol. The number of nitrogens with zero attached hydrogens (tertiary/aromatic N) is 1. The zero-order valence-corrected chi connectivity index (χ0v) is 21.8. The van der Waals surface area contributed by atoms with E-state index in [0.29, 0.717) is 27.8 Å². The van der Waals surface area contributed by atoms with E-state index in [-0.39, 0.29) is 10.8 Å². The number of fused-ring (bicyclic) bond motifs is 1. The Bertz CT molecular complexity index is 1470. The zero-order chi connectivity index (χ0) is 24.5. The van der Waals surface area contributed by atoms with Crippen molar-refractivity contribution < 1.29 is 22.7 Å². The number of halogens is 1. The Morgan fingerprint density at radius 2 is 1.65 bits per heavy atom. The second-order valence-corrected chi connectivity index (χ2v) is 11.3. The molecule has 1 heterocycles. The summed E-state index contributed by atoms with van der Waals surface area (Å²) in [5.74, 6) is 0.542. The van der Waals surface area contributed by atoms with Crippen molar-refractivity contribution in [3.8, 4) is 11.5 Å². The molecule has 0 aliphatic rings. The summed E-state index contributed by atoms with van der Waals surface area (Å²) in [7, 11) is 0.572. The normalized spacial score (nSPS) is 11.3. The van der Waals surface area contributed by atoms with Crippen LogP contribution < -0.4 is 19.1 Å². The summed E-state index contributed by atoms with van der Waals surface area (Å²) in [4.78, 5) is 13.3. The van der Waals surface area contributed by atoms with E-state index < -0.39 is 10.0 Å². The Morgan fingerprint density at radius 1 is 0.941 bits per heavy atom. The van der Waals surface area contributed by atoms with E-state index in [4.69, 9.17) is 9.47 Å². The number of rotatable bonds is 7. The van der Waals surface area contributed by atoms with Crippen LogP contribution in [-0.2, 0) is 10.0 Å². The van der Waals surface area contributed by atoms with Gasteiger partial charge in [0.1, 0.15) is 0 Å². The lowest BCUT2D eigenvalue weighted by Crippen LogP contribution is -2.26. The van der Waals surface area contributed by atoms with Gasteiger partial charge in [0.25, 0.3) is 15.9 Å². The minimum absolute atomic E-state index is 0.0765. The fraction of sp³-hybridized carbons (Fsp3) is 0.125. The first-order chi connectivity index (χ1) is 16.2. The Hall–Kier alpha value is -3.08. The Morgan fingerprint density at radius 3 is 2.32 bits per heavy atom. The average Bonchev–Trinajstić information content (AvgIpc) is 3.28. The molecule has 0 fully saturated rings. The van der Waals surface area contributed by atoms with Crippen molar-refractivity contribution in [2.75, 3.05) is 30.9 Å². The molecule has 0 saturated carbocycles. The lowest BCUT2D eigenvalue weighted by Gasteiger charge is -2.20. The topological polar surface area (TPSA) is 84.9 Å². The molecule has 0 unspecified atom stereocenters. The molecule has 0 saturated heterocycles. The molecule has 0 atom stereocenters. The summed E-state index contributed by atoms with van der Waals surface area (Å²) in [6, 6.07) is 18.8. The first-order valence-corrected chi connectivity index (χ1v) is 13.1. The number of hydrogen-bond donors (Lipinski definition) is 1. The lowest BCUT2D eigenvalue weighted by atomic mass is 10.2. The highest BCUT2D eigenvalue weighted by molar-refractivity contribution is 9.10. The van der Waals surface area contributed by atoms with E-state index in [1.807, 2.05) is 18.2 Å². The van der Waals surface area contributed by atoms with Gasteiger partial charge in [0.15, 0.2) is 11.5 Å². The summed E-state index contributed by atoms with van der Waals surface area (Å²) >= 11 is 4.71. The number of benzene rings is 3. The van der Waals surface area contributed by atoms with Crippen LogP contribution in [-0.4, -0.2) is 35.6 Å². The van der Waals surface area contributed by atoms with Gasteiger partial charge < -0.3 is 14.8 Å². The zero-order valence-electron chi connectivity index (χ0n) is 18.5. The summed E-state index contributed by atoms with van der Waals surface area (Å²) in [6.45, 7) is 0. The van der Waals surface area contributed by atoms with Crippen LogP contribution >= 0.6 is 27.3 Å². The predicted molar refractivity (Wildman–Crippen MR) is 139 cm³/mol. The van der Waals surface area contributed by atoms with E-state index in [2.05, 4.69) is 21.2 Å². The molecule has 10 heteroatoms. The molecular formula is C24H21BrN2O5S2. The largest absolute Gasteiger partial charge is 0.493 e. The van der Waals surface area contributed by atoms with Crippen LogP contribution in [0.15, 0.2) is 76.1 Å². The summed E-state index contributed by atoms with van der Waals surface area (Å²) in [5.41, 5.74) is 1.16. The van der Waals surface area contributed by atoms with Gasteiger partial charge in [0, 0.05) is 28.0 Å². The molecule has 4 rings (SSSR count). The number of ether oxygens (including phenoxy) is 2. The molecule has 34 heavy (non-hydrogen) atoms. The van der Waals surface area contributed by atoms with Crippen molar-refractivity contribution >= 4 is 64.7 Å². The maximum absolute atomic E-state index is 13.2. The van der Waals surface area contributed by atoms with Crippen LogP contribution in [0.5, 0.6) is 11.5 Å². The molecule has 0 spiro atoms. The molecule has 0 aliphatic carbocycles. The number of amides is 1. The van der Waals surface area contributed by atoms with Crippen molar-refractivity contribution in [1.29, 1.82) is 0 Å². The molecule has 1 amide bonds. The maximum atomic E-state index is 13.2. The molecule has 1 N–H and O–H groups in total. The molecule has 176 valence electrons. The van der Waals surface area contributed by atoms with Crippen LogP contribution in [0.3, 0.4) is 0 Å². The predicted octanol–water partition coefficient (Wildman–Crippen LogP) is 5.76. The van der Waals surface area contributed by atoms with E-state index >= 15 is 0 Å². The van der Waals surface area contributed by atoms with Gasteiger partial charge in [-0.25, -0.2) is 8.42 Å². The Balaban J connectivity index is 1.61. The first kappa shape index (κ1) is 24.1. The van der Waals surface area contributed by atoms with Crippen molar-refractivity contribution in [1.82, 2.24) is 0 Å². The van der Waals surface area contributed by atoms with Gasteiger partial charge in [-0.15, -0.1) is 11.3 Å². The number of sulfonamides is 1. The number of carbonyl (C=O) groups excluding carboxylic acids is 1. The molecule has 0 bridgehead atoms. The van der Waals surface area contributed by atoms with Crippen molar-refractivity contribution in [3.63, 3.8) is 0 Å². The van der Waals surface area contributed by atoms with E-state index in [1.54, 1.807) is 36.4 Å². The minimum Gasteiger partial charge on any atom is -0.493 e. The number of nitrogens with one attached hydrogen (secondary N) is 1. The molecule has 0 radical (unpaired) electrons. The van der Waals surface area contributed by atoms with Crippen molar-refractivity contribution in [2.45, 2.75) is 4.90 Å². The second-order valence-electron chi connectivity index (χ2n) is 7.28. The maximum Gasteiger partial charge on any atom is 0.265 e. The van der Waals surface area contributed by atoms with Crippen LogP contribution in [0, 0.1) is 0 Å². The number of carbonyl (C=O) groups is 1. The highest BCUT2D eigenvalue weighted by Gasteiger charge is 2.23. The van der Waals surface area contributed by atoms with Gasteiger partial charge in [-0.2, -0.15) is 0 Å². The average molecular weight is 561 g/mol. The molecule has 1 aromatic heterocycles. The van der Waals surface area contributed by atoms with E-state index in [1.165, 1.54) is 49.0 Å². The van der Waals surface area contributed by atoms with Gasteiger partial charge in [-0.3, -0.25) is 9.10 Å². The smallest absolute Gasteiger partial charge is 0.265 e. The van der Waals surface area contributed by atoms with Crippen LogP contribution in [0.4, 0.5) is 11.4 Å². The van der Waals surface area contributed by atoms with Gasteiger partial charge in [-0.05, 0) is 66.0 Å². The SMILES string of the molecule is COc1ccc(S(=O)(=O)N(C)c2ccc3sc(C(=O)Nc4ccc(Br)cc4)cc3c2)cc1OC. The number of thiophene rings is 1. The van der Waals surface area contributed by atoms with E-state index in [9.17, 15) is 13.2 Å². The van der Waals surface area contributed by atoms with Crippen molar-refractivity contribution in [3.05, 3.63) is 76.1 Å². The molecule has 3 aromatic carbocycles. The van der Waals surface area contributed by atoms with Crippen LogP contribution in [0.2, 0.25) is 0 Å². The lowest BCUT2D eigenvalue weighted by molar-refractivity contribution is 0.103. The highest BCUT2D eigenvalue weighted by atomic mass is 79.9. The monoisotopic (exact) mass is 560 g/mol. The van der Waals surface area contributed by atoms with E-state index in [0.717, 1.165) is 14.6 Å². The third-order valence-electron chi connectivity index (χ3n) is 5.20. The van der Waals surface area contributed by atoms with Crippen LogP contribution in [0.1, 0.15) is 9.67 Å².